The lowest BCUT2D eigenvalue weighted by Gasteiger charge is -2.32. The minimum atomic E-state index is -3.52. The average Bonchev–Trinajstić information content (AvgIpc) is 2.84. The monoisotopic (exact) mass is 330 g/mol. The minimum Gasteiger partial charge on any atom is -0.383 e. The van der Waals surface area contributed by atoms with Crippen molar-refractivity contribution in [1.29, 1.82) is 0 Å². The van der Waals surface area contributed by atoms with E-state index >= 15 is 0 Å². The summed E-state index contributed by atoms with van der Waals surface area (Å²) < 4.78 is 34.1. The van der Waals surface area contributed by atoms with Crippen molar-refractivity contribution in [2.24, 2.45) is 13.0 Å². The van der Waals surface area contributed by atoms with Crippen LogP contribution in [0.2, 0.25) is 0 Å². The fraction of sp³-hybridized carbons (Fsp3) is 0.786. The van der Waals surface area contributed by atoms with Crippen molar-refractivity contribution >= 4 is 10.0 Å². The third-order valence-electron chi connectivity index (χ3n) is 4.14. The van der Waals surface area contributed by atoms with Crippen LogP contribution in [0.4, 0.5) is 0 Å². The zero-order valence-electron chi connectivity index (χ0n) is 13.6. The van der Waals surface area contributed by atoms with E-state index in [1.807, 2.05) is 0 Å². The number of hydrogen-bond donors (Lipinski definition) is 1. The van der Waals surface area contributed by atoms with Crippen molar-refractivity contribution in [2.45, 2.75) is 24.8 Å². The molecule has 1 aromatic rings. The third kappa shape index (κ3) is 4.52. The number of piperidine rings is 1. The second kappa shape index (κ2) is 7.54. The lowest BCUT2D eigenvalue weighted by molar-refractivity contribution is 0.115. The van der Waals surface area contributed by atoms with Crippen LogP contribution in [-0.2, 0) is 21.8 Å². The summed E-state index contributed by atoms with van der Waals surface area (Å²) in [5, 5.41) is 0.0968. The van der Waals surface area contributed by atoms with Gasteiger partial charge in [-0.2, -0.15) is 0 Å². The van der Waals surface area contributed by atoms with Gasteiger partial charge in [-0.05, 0) is 32.2 Å². The zero-order chi connectivity index (χ0) is 16.2. The Labute approximate surface area is 132 Å². The lowest BCUT2D eigenvalue weighted by Crippen LogP contribution is -2.42. The highest BCUT2D eigenvalue weighted by Gasteiger charge is 2.23. The average molecular weight is 330 g/mol. The number of hydrogen-bond acceptors (Lipinski definition) is 5. The van der Waals surface area contributed by atoms with Crippen LogP contribution in [-0.4, -0.2) is 62.8 Å². The first kappa shape index (κ1) is 17.4. The molecule has 22 heavy (non-hydrogen) atoms. The van der Waals surface area contributed by atoms with E-state index in [1.165, 1.54) is 0 Å². The molecule has 1 aliphatic rings. The molecule has 1 fully saturated rings. The molecule has 1 saturated heterocycles. The lowest BCUT2D eigenvalue weighted by atomic mass is 9.98. The van der Waals surface area contributed by atoms with Gasteiger partial charge in [-0.15, -0.1) is 0 Å². The molecule has 0 spiro atoms. The first-order chi connectivity index (χ1) is 10.4. The van der Waals surface area contributed by atoms with Gasteiger partial charge in [0.2, 0.25) is 0 Å². The first-order valence-corrected chi connectivity index (χ1v) is 9.11. The number of aromatic nitrogens is 2. The molecule has 1 N–H and O–H groups in total. The standard InChI is InChI=1S/C14H26N4O3S/c1-12-16-14(11-17(12)2)22(19,20)15-9-13-5-4-6-18(10-13)7-8-21-3/h11,13,15H,4-10H2,1-3H3/t13-/m0/s1. The van der Waals surface area contributed by atoms with E-state index in [-0.39, 0.29) is 5.03 Å². The Kier molecular flexibility index (Phi) is 5.96. The molecular formula is C14H26N4O3S. The van der Waals surface area contributed by atoms with Crippen LogP contribution in [0.5, 0.6) is 0 Å². The van der Waals surface area contributed by atoms with Gasteiger partial charge in [0.25, 0.3) is 10.0 Å². The topological polar surface area (TPSA) is 76.5 Å². The highest BCUT2D eigenvalue weighted by molar-refractivity contribution is 7.89. The second-order valence-electron chi connectivity index (χ2n) is 5.89. The smallest absolute Gasteiger partial charge is 0.259 e. The summed E-state index contributed by atoms with van der Waals surface area (Å²) in [6, 6.07) is 0. The van der Waals surface area contributed by atoms with Gasteiger partial charge in [0.05, 0.1) is 6.61 Å². The molecule has 2 rings (SSSR count). The van der Waals surface area contributed by atoms with Crippen molar-refractivity contribution in [3.05, 3.63) is 12.0 Å². The quantitative estimate of drug-likeness (QED) is 0.781. The highest BCUT2D eigenvalue weighted by Crippen LogP contribution is 2.16. The van der Waals surface area contributed by atoms with Crippen LogP contribution < -0.4 is 4.72 Å². The van der Waals surface area contributed by atoms with Gasteiger partial charge in [-0.3, -0.25) is 0 Å². The van der Waals surface area contributed by atoms with Crippen LogP contribution in [0, 0.1) is 12.8 Å². The van der Waals surface area contributed by atoms with Gasteiger partial charge >= 0.3 is 0 Å². The normalized spacial score (nSPS) is 20.4. The Bertz CT molecular complexity index is 565. The van der Waals surface area contributed by atoms with E-state index < -0.39 is 10.0 Å². The fourth-order valence-electron chi connectivity index (χ4n) is 2.70. The van der Waals surface area contributed by atoms with Crippen molar-refractivity contribution in [3.8, 4) is 0 Å². The molecule has 0 radical (unpaired) electrons. The van der Waals surface area contributed by atoms with Crippen molar-refractivity contribution in [3.63, 3.8) is 0 Å². The molecule has 7 nitrogen and oxygen atoms in total. The Morgan fingerprint density at radius 2 is 2.27 bits per heavy atom. The molecule has 126 valence electrons. The molecule has 8 heteroatoms. The van der Waals surface area contributed by atoms with Gasteiger partial charge in [-0.25, -0.2) is 18.1 Å². The Hall–Kier alpha value is -0.960. The molecule has 0 aliphatic carbocycles. The van der Waals surface area contributed by atoms with E-state index in [2.05, 4.69) is 14.6 Å². The predicted molar refractivity (Wildman–Crippen MR) is 84.2 cm³/mol. The maximum atomic E-state index is 12.3. The van der Waals surface area contributed by atoms with Crippen LogP contribution in [0.15, 0.2) is 11.2 Å². The molecule has 2 heterocycles. The Morgan fingerprint density at radius 1 is 1.50 bits per heavy atom. The van der Waals surface area contributed by atoms with Gasteiger partial charge < -0.3 is 14.2 Å². The largest absolute Gasteiger partial charge is 0.383 e. The predicted octanol–water partition coefficient (Wildman–Crippen LogP) is 0.365. The number of imidazole rings is 1. The summed E-state index contributed by atoms with van der Waals surface area (Å²) in [7, 11) is -0.0342. The van der Waals surface area contributed by atoms with Crippen LogP contribution in [0.25, 0.3) is 0 Å². The minimum absolute atomic E-state index is 0.0968. The number of nitrogens with zero attached hydrogens (tertiary/aromatic N) is 3. The van der Waals surface area contributed by atoms with Crippen molar-refractivity contribution < 1.29 is 13.2 Å². The van der Waals surface area contributed by atoms with Crippen LogP contribution in [0.1, 0.15) is 18.7 Å². The van der Waals surface area contributed by atoms with Gasteiger partial charge in [0, 0.05) is 40.0 Å². The third-order valence-corrected chi connectivity index (χ3v) is 5.43. The SMILES string of the molecule is COCCN1CCC[C@@H](CNS(=O)(=O)c2cn(C)c(C)n2)C1. The number of methoxy groups -OCH3 is 1. The maximum absolute atomic E-state index is 12.3. The number of sulfonamides is 1. The summed E-state index contributed by atoms with van der Waals surface area (Å²) in [5.74, 6) is 1.02. The summed E-state index contributed by atoms with van der Waals surface area (Å²) in [6.45, 7) is 5.83. The van der Waals surface area contributed by atoms with Crippen molar-refractivity contribution in [1.82, 2.24) is 19.2 Å². The molecule has 1 aromatic heterocycles. The van der Waals surface area contributed by atoms with Crippen molar-refractivity contribution in [2.75, 3.05) is 39.9 Å². The first-order valence-electron chi connectivity index (χ1n) is 7.63. The summed E-state index contributed by atoms with van der Waals surface area (Å²) >= 11 is 0. The molecule has 0 aromatic carbocycles. The summed E-state index contributed by atoms with van der Waals surface area (Å²) in [5.41, 5.74) is 0. The van der Waals surface area contributed by atoms with Gasteiger partial charge in [0.1, 0.15) is 5.82 Å². The maximum Gasteiger partial charge on any atom is 0.259 e. The molecule has 0 unspecified atom stereocenters. The molecule has 0 bridgehead atoms. The molecule has 0 saturated carbocycles. The fourth-order valence-corrected chi connectivity index (χ4v) is 3.85. The number of aryl methyl sites for hydroxylation is 2. The van der Waals surface area contributed by atoms with Gasteiger partial charge in [-0.1, -0.05) is 0 Å². The summed E-state index contributed by atoms with van der Waals surface area (Å²) in [4.78, 5) is 6.42. The molecular weight excluding hydrogens is 304 g/mol. The number of rotatable bonds is 7. The van der Waals surface area contributed by atoms with E-state index in [0.717, 1.165) is 32.5 Å². The summed E-state index contributed by atoms with van der Waals surface area (Å²) in [6.07, 6.45) is 3.69. The van der Waals surface area contributed by atoms with E-state index in [9.17, 15) is 8.42 Å². The Morgan fingerprint density at radius 3 is 2.91 bits per heavy atom. The number of nitrogens with one attached hydrogen (secondary N) is 1. The molecule has 1 aliphatic heterocycles. The molecule has 1 atom stereocenters. The molecule has 0 amide bonds. The van der Waals surface area contributed by atoms with Crippen LogP contribution in [0.3, 0.4) is 0 Å². The van der Waals surface area contributed by atoms with E-state index in [0.29, 0.717) is 24.9 Å². The highest BCUT2D eigenvalue weighted by atomic mass is 32.2. The van der Waals surface area contributed by atoms with Gasteiger partial charge in [0.15, 0.2) is 5.03 Å². The zero-order valence-corrected chi connectivity index (χ0v) is 14.4. The van der Waals surface area contributed by atoms with E-state index in [4.69, 9.17) is 4.74 Å². The second-order valence-corrected chi connectivity index (χ2v) is 7.60. The van der Waals surface area contributed by atoms with E-state index in [1.54, 1.807) is 31.8 Å². The Balaban J connectivity index is 1.88. The number of likely N-dealkylation sites (tertiary alicyclic amines) is 1. The van der Waals surface area contributed by atoms with Crippen LogP contribution >= 0.6 is 0 Å². The number of ether oxygens (including phenoxy) is 1.